The van der Waals surface area contributed by atoms with Gasteiger partial charge in [0.1, 0.15) is 0 Å². The zero-order chi connectivity index (χ0) is 48.4. The van der Waals surface area contributed by atoms with Crippen molar-refractivity contribution in [3.05, 3.63) is 226 Å². The lowest BCUT2D eigenvalue weighted by molar-refractivity contribution is 0.590. The Kier molecular flexibility index (Phi) is 13.3. The number of benzene rings is 8. The summed E-state index contributed by atoms with van der Waals surface area (Å²) in [5.41, 5.74) is 17.0. The second kappa shape index (κ2) is 19.0. The number of nitrogens with zero attached hydrogens (tertiary/aromatic N) is 2. The van der Waals surface area contributed by atoms with E-state index in [1.165, 1.54) is 44.2 Å². The molecule has 0 atom stereocenters. The molecular formula is C66H70N2. The lowest BCUT2D eigenvalue weighted by atomic mass is 9.86. The van der Waals surface area contributed by atoms with E-state index in [9.17, 15) is 0 Å². The highest BCUT2D eigenvalue weighted by molar-refractivity contribution is 6.07. The van der Waals surface area contributed by atoms with Gasteiger partial charge >= 0.3 is 0 Å². The lowest BCUT2D eigenvalue weighted by Gasteiger charge is -2.31. The molecule has 8 aromatic rings. The molecule has 0 aliphatic rings. The molecule has 0 amide bonds. The van der Waals surface area contributed by atoms with Crippen molar-refractivity contribution < 1.29 is 0 Å². The van der Waals surface area contributed by atoms with Crippen LogP contribution < -0.4 is 9.80 Å². The van der Waals surface area contributed by atoms with Gasteiger partial charge in [0.05, 0.1) is 11.4 Å². The molecule has 0 aromatic heterocycles. The highest BCUT2D eigenvalue weighted by Gasteiger charge is 2.23. The molecule has 0 spiro atoms. The van der Waals surface area contributed by atoms with Crippen molar-refractivity contribution in [3.63, 3.8) is 0 Å². The van der Waals surface area contributed by atoms with Crippen molar-refractivity contribution in [3.8, 4) is 0 Å². The first kappa shape index (κ1) is 47.6. The number of anilines is 6. The van der Waals surface area contributed by atoms with Crippen LogP contribution in [0.2, 0.25) is 0 Å². The first-order valence-corrected chi connectivity index (χ1v) is 24.3. The van der Waals surface area contributed by atoms with Gasteiger partial charge in [-0.15, -0.1) is 0 Å². The van der Waals surface area contributed by atoms with Gasteiger partial charge < -0.3 is 9.80 Å². The minimum absolute atomic E-state index is 0.0418. The van der Waals surface area contributed by atoms with E-state index in [2.05, 4.69) is 299 Å². The average molecular weight is 891 g/mol. The van der Waals surface area contributed by atoms with Gasteiger partial charge in [0.15, 0.2) is 0 Å². The smallest absolute Gasteiger partial charge is 0.0541 e. The number of rotatable bonds is 10. The molecule has 68 heavy (non-hydrogen) atoms. The van der Waals surface area contributed by atoms with Crippen LogP contribution in [0.5, 0.6) is 0 Å². The molecule has 0 bridgehead atoms. The van der Waals surface area contributed by atoms with E-state index in [-0.39, 0.29) is 21.7 Å². The molecule has 8 aromatic carbocycles. The average Bonchev–Trinajstić information content (AvgIpc) is 3.31. The van der Waals surface area contributed by atoms with Crippen molar-refractivity contribution in [2.45, 2.75) is 105 Å². The van der Waals surface area contributed by atoms with E-state index in [1.54, 1.807) is 0 Å². The Labute approximate surface area is 408 Å². The summed E-state index contributed by atoms with van der Waals surface area (Å²) in [6.07, 6.45) is 8.82. The van der Waals surface area contributed by atoms with E-state index < -0.39 is 0 Å². The molecule has 2 nitrogen and oxygen atoms in total. The van der Waals surface area contributed by atoms with E-state index in [4.69, 9.17) is 0 Å². The first-order valence-electron chi connectivity index (χ1n) is 24.3. The van der Waals surface area contributed by atoms with Gasteiger partial charge in [0.25, 0.3) is 0 Å². The Morgan fingerprint density at radius 3 is 0.691 bits per heavy atom. The standard InChI is InChI=1S/C66H70N2/c1-63(2,3)51-29-21-47(22-30-51)17-19-49-25-37-55(38-26-49)67(57-41-33-53(34-42-57)65(7,8)9)61-45-46-62(60-16-14-13-15-59(60)61)68(58-43-35-54(36-44-58)66(10,11)12)56-39-27-50(28-40-56)20-18-48-23-31-52(32-24-48)64(4,5)6/h13-46H,1-12H3/b19-17+,20-18+. The van der Waals surface area contributed by atoms with Crippen LogP contribution in [0.15, 0.2) is 182 Å². The van der Waals surface area contributed by atoms with Crippen LogP contribution in [0.4, 0.5) is 34.1 Å². The van der Waals surface area contributed by atoms with E-state index in [0.717, 1.165) is 45.3 Å². The van der Waals surface area contributed by atoms with Crippen LogP contribution in [-0.2, 0) is 21.7 Å². The summed E-state index contributed by atoms with van der Waals surface area (Å²) in [5.74, 6) is 0. The number of hydrogen-bond acceptors (Lipinski definition) is 2. The maximum atomic E-state index is 2.41. The quantitative estimate of drug-likeness (QED) is 0.126. The molecule has 344 valence electrons. The fourth-order valence-corrected chi connectivity index (χ4v) is 8.78. The zero-order valence-corrected chi connectivity index (χ0v) is 42.5. The molecule has 0 fully saturated rings. The highest BCUT2D eigenvalue weighted by Crippen LogP contribution is 2.46. The van der Waals surface area contributed by atoms with Crippen molar-refractivity contribution in [2.24, 2.45) is 0 Å². The van der Waals surface area contributed by atoms with Crippen molar-refractivity contribution in [1.82, 2.24) is 0 Å². The van der Waals surface area contributed by atoms with Crippen LogP contribution in [-0.4, -0.2) is 0 Å². The summed E-state index contributed by atoms with van der Waals surface area (Å²) >= 11 is 0. The minimum atomic E-state index is 0.0418. The predicted molar refractivity (Wildman–Crippen MR) is 299 cm³/mol. The van der Waals surface area contributed by atoms with Crippen LogP contribution in [0, 0.1) is 0 Å². The second-order valence-corrected chi connectivity index (χ2v) is 22.5. The van der Waals surface area contributed by atoms with Gasteiger partial charge in [-0.05, 0) is 127 Å². The fraction of sp³-hybridized carbons (Fsp3) is 0.242. The summed E-state index contributed by atoms with van der Waals surface area (Å²) in [4.78, 5) is 4.83. The fourth-order valence-electron chi connectivity index (χ4n) is 8.78. The Bertz CT molecular complexity index is 2800. The minimum Gasteiger partial charge on any atom is -0.310 e. The number of hydrogen-bond donors (Lipinski definition) is 0. The van der Waals surface area contributed by atoms with Crippen LogP contribution in [0.25, 0.3) is 35.1 Å². The third kappa shape index (κ3) is 10.9. The van der Waals surface area contributed by atoms with Crippen molar-refractivity contribution in [2.75, 3.05) is 9.80 Å². The SMILES string of the molecule is CC(C)(C)c1ccc(/C=C/c2ccc(N(c3ccc(C(C)(C)C)cc3)c3ccc(N(c4ccc(/C=C/c5ccc(C(C)(C)C)cc5)cc4)c4ccc(C(C)(C)C)cc4)c4ccccc34)cc2)cc1. The normalized spacial score (nSPS) is 12.6. The lowest BCUT2D eigenvalue weighted by Crippen LogP contribution is -2.15. The van der Waals surface area contributed by atoms with Gasteiger partial charge in [-0.3, -0.25) is 0 Å². The van der Waals surface area contributed by atoms with E-state index in [1.807, 2.05) is 0 Å². The number of fused-ring (bicyclic) bond motifs is 1. The molecule has 0 N–H and O–H groups in total. The molecule has 0 aliphatic heterocycles. The van der Waals surface area contributed by atoms with Gasteiger partial charge in [0.2, 0.25) is 0 Å². The molecule has 0 aliphatic carbocycles. The molecule has 0 saturated heterocycles. The summed E-state index contributed by atoms with van der Waals surface area (Å²) in [7, 11) is 0. The molecule has 0 saturated carbocycles. The Balaban J connectivity index is 1.20. The Morgan fingerprint density at radius 2 is 0.456 bits per heavy atom. The van der Waals surface area contributed by atoms with Gasteiger partial charge in [-0.25, -0.2) is 0 Å². The zero-order valence-electron chi connectivity index (χ0n) is 42.5. The highest BCUT2D eigenvalue weighted by atomic mass is 15.2. The predicted octanol–water partition coefficient (Wildman–Crippen LogP) is 19.3. The molecular weight excluding hydrogens is 821 g/mol. The van der Waals surface area contributed by atoms with Crippen LogP contribution in [0.3, 0.4) is 0 Å². The van der Waals surface area contributed by atoms with Gasteiger partial charge in [-0.1, -0.05) is 229 Å². The third-order valence-corrected chi connectivity index (χ3v) is 13.1. The maximum absolute atomic E-state index is 2.41. The van der Waals surface area contributed by atoms with Gasteiger partial charge in [0, 0.05) is 33.5 Å². The summed E-state index contributed by atoms with van der Waals surface area (Å²) in [5, 5.41) is 2.34. The van der Waals surface area contributed by atoms with E-state index in [0.29, 0.717) is 0 Å². The van der Waals surface area contributed by atoms with Crippen LogP contribution in [0.1, 0.15) is 128 Å². The summed E-state index contributed by atoms with van der Waals surface area (Å²) in [6, 6.07) is 67.5. The largest absolute Gasteiger partial charge is 0.310 e. The molecule has 0 heterocycles. The third-order valence-electron chi connectivity index (χ3n) is 13.1. The topological polar surface area (TPSA) is 6.48 Å². The van der Waals surface area contributed by atoms with Crippen molar-refractivity contribution in [1.29, 1.82) is 0 Å². The Morgan fingerprint density at radius 1 is 0.250 bits per heavy atom. The molecule has 0 unspecified atom stereocenters. The molecule has 8 rings (SSSR count). The molecule has 2 heteroatoms. The summed E-state index contributed by atoms with van der Waals surface area (Å²) in [6.45, 7) is 27.2. The van der Waals surface area contributed by atoms with Crippen molar-refractivity contribution >= 4 is 69.2 Å². The second-order valence-electron chi connectivity index (χ2n) is 22.5. The Hall–Kier alpha value is -6.90. The maximum Gasteiger partial charge on any atom is 0.0541 e. The summed E-state index contributed by atoms with van der Waals surface area (Å²) < 4.78 is 0. The van der Waals surface area contributed by atoms with Crippen LogP contribution >= 0.6 is 0 Å². The van der Waals surface area contributed by atoms with E-state index >= 15 is 0 Å². The monoisotopic (exact) mass is 891 g/mol. The van der Waals surface area contributed by atoms with Gasteiger partial charge in [-0.2, -0.15) is 0 Å². The first-order chi connectivity index (χ1) is 32.2. The molecule has 0 radical (unpaired) electrons.